The first kappa shape index (κ1) is 67.1. The summed E-state index contributed by atoms with van der Waals surface area (Å²) in [6.45, 7) is 1.88. The largest absolute Gasteiger partial charge is 0.411 e. The van der Waals surface area contributed by atoms with E-state index in [4.69, 9.17) is 0 Å². The number of amides is 8. The molecule has 0 spiro atoms. The lowest BCUT2D eigenvalue weighted by atomic mass is 9.71. The second-order valence-electron chi connectivity index (χ2n) is 23.2. The van der Waals surface area contributed by atoms with Crippen molar-refractivity contribution >= 4 is 64.3 Å². The van der Waals surface area contributed by atoms with E-state index in [1.165, 1.54) is 12.1 Å². The minimum Gasteiger partial charge on any atom is -0.277 e. The Morgan fingerprint density at radius 3 is 0.735 bits per heavy atom. The summed E-state index contributed by atoms with van der Waals surface area (Å²) < 4.78 is 279. The van der Waals surface area contributed by atoms with Crippen LogP contribution >= 0.6 is 0 Å². The van der Waals surface area contributed by atoms with Crippen LogP contribution in [0.2, 0.25) is 0 Å². The predicted octanol–water partition coefficient (Wildman–Crippen LogP) is 15.4. The Morgan fingerprint density at radius 1 is 0.255 bits per heavy atom. The van der Waals surface area contributed by atoms with Crippen LogP contribution in [0.1, 0.15) is 133 Å². The van der Waals surface area contributed by atoms with Crippen molar-refractivity contribution < 1.29 is 117 Å². The molecule has 0 aromatic heterocycles. The molecule has 0 atom stereocenters. The first-order valence-corrected chi connectivity index (χ1v) is 28.4. The third-order valence-electron chi connectivity index (χ3n) is 17.9. The monoisotopic (exact) mass is 1380 g/mol. The average Bonchev–Trinajstić information content (AvgIpc) is 1.13. The molecule has 30 heteroatoms. The van der Waals surface area contributed by atoms with Gasteiger partial charge in [-0.25, -0.2) is 14.7 Å². The Balaban J connectivity index is 0.841. The Bertz CT molecular complexity index is 4740. The van der Waals surface area contributed by atoms with Crippen LogP contribution in [0.3, 0.4) is 0 Å². The number of imide groups is 4. The maximum atomic E-state index is 15.7. The summed E-state index contributed by atoms with van der Waals surface area (Å²) in [7, 11) is 0.898. The number of nitrogens with zero attached hydrogens (tertiary/aromatic N) is 4. The molecule has 98 heavy (non-hydrogen) atoms. The smallest absolute Gasteiger partial charge is 0.277 e. The molecule has 12 rings (SSSR count). The molecule has 0 saturated heterocycles. The maximum absolute atomic E-state index is 15.7. The van der Waals surface area contributed by atoms with Crippen molar-refractivity contribution in [3.63, 3.8) is 0 Å². The highest BCUT2D eigenvalue weighted by atomic mass is 19.4. The van der Waals surface area contributed by atoms with Gasteiger partial charge in [-0.1, -0.05) is 90.5 Å². The second kappa shape index (κ2) is 22.0. The first-order chi connectivity index (χ1) is 45.6. The quantitative estimate of drug-likeness (QED) is 0.0918. The van der Waals surface area contributed by atoms with E-state index in [1.807, 2.05) is 31.2 Å². The molecule has 0 bridgehead atoms. The van der Waals surface area contributed by atoms with Crippen LogP contribution in [0, 0.1) is 6.92 Å². The van der Waals surface area contributed by atoms with Gasteiger partial charge in [-0.3, -0.25) is 43.3 Å². The summed E-state index contributed by atoms with van der Waals surface area (Å²) >= 11 is 0. The van der Waals surface area contributed by atoms with Gasteiger partial charge >= 0.3 is 37.1 Å². The highest BCUT2D eigenvalue weighted by Gasteiger charge is 2.75. The number of aryl methyl sites for hydroxylation is 1. The lowest BCUT2D eigenvalue weighted by Crippen LogP contribution is -2.55. The predicted molar refractivity (Wildman–Crippen MR) is 308 cm³/mol. The molecule has 0 fully saturated rings. The highest BCUT2D eigenvalue weighted by molar-refractivity contribution is 6.36. The van der Waals surface area contributed by atoms with Crippen molar-refractivity contribution in [3.05, 3.63) is 264 Å². The fourth-order valence-electron chi connectivity index (χ4n) is 13.1. The molecule has 8 aromatic rings. The normalized spacial score (nSPS) is 15.7. The Labute approximate surface area is 537 Å². The van der Waals surface area contributed by atoms with Gasteiger partial charge in [0.1, 0.15) is 0 Å². The second-order valence-corrected chi connectivity index (χ2v) is 23.2. The van der Waals surface area contributed by atoms with E-state index in [-0.39, 0.29) is 88.3 Å². The molecule has 4 aliphatic rings. The standard InChI is InChI=1S/C68H36F18N4O8/c1-32-3-5-33(6-4-32)27-34-7-17-41(18-8-34)88-54(93)45-24-15-39(30-49(45)57(88)96)62(67(81,82)83,68(84,85)86)40-16-26-47-51(31-40)59(98)90(56(47)95)43-21-11-36(12-22-43)60(63(69,70)71,64(72,73)74)35-9-19-42(20-10-35)89-55(94)46-25-14-38(29-50(46)58(89)97)61(65(75,76)77,66(78,79)80)37-13-23-44-48(28-37)53(92)87(2)52(44)91/h3-26,28-31H,27H2,1-2H3. The molecule has 0 aliphatic carbocycles. The number of carbonyl (C=O) groups is 8. The summed E-state index contributed by atoms with van der Waals surface area (Å²) in [6.07, 6.45) is -38.2. The summed E-state index contributed by atoms with van der Waals surface area (Å²) in [4.78, 5) is 109. The van der Waals surface area contributed by atoms with Gasteiger partial charge in [0.25, 0.3) is 47.3 Å². The Morgan fingerprint density at radius 2 is 0.459 bits per heavy atom. The van der Waals surface area contributed by atoms with Crippen LogP contribution in [0.15, 0.2) is 170 Å². The van der Waals surface area contributed by atoms with Crippen molar-refractivity contribution in [2.45, 2.75) is 66.6 Å². The zero-order valence-electron chi connectivity index (χ0n) is 49.2. The zero-order valence-corrected chi connectivity index (χ0v) is 49.2. The molecular weight excluding hydrogens is 1340 g/mol. The third kappa shape index (κ3) is 9.54. The molecule has 0 N–H and O–H groups in total. The summed E-state index contributed by atoms with van der Waals surface area (Å²) in [5, 5.41) is 0. The molecule has 4 aliphatic heterocycles. The van der Waals surface area contributed by atoms with Gasteiger partial charge in [0, 0.05) is 7.05 Å². The van der Waals surface area contributed by atoms with E-state index in [0.717, 1.165) is 18.2 Å². The number of hydrogen-bond donors (Lipinski definition) is 0. The fraction of sp³-hybridized carbons (Fsp3) is 0.176. The van der Waals surface area contributed by atoms with Crippen LogP contribution in [-0.2, 0) is 22.7 Å². The molecule has 4 heterocycles. The van der Waals surface area contributed by atoms with Crippen molar-refractivity contribution in [2.75, 3.05) is 21.7 Å². The summed E-state index contributed by atoms with van der Waals surface area (Å²) in [6, 6.07) is 18.1. The zero-order chi connectivity index (χ0) is 71.5. The number of hydrogen-bond acceptors (Lipinski definition) is 8. The van der Waals surface area contributed by atoms with E-state index in [0.29, 0.717) is 70.3 Å². The average molecular weight is 1380 g/mol. The van der Waals surface area contributed by atoms with E-state index >= 15 is 79.0 Å². The van der Waals surface area contributed by atoms with E-state index in [9.17, 15) is 38.4 Å². The van der Waals surface area contributed by atoms with Crippen molar-refractivity contribution in [3.8, 4) is 0 Å². The van der Waals surface area contributed by atoms with Crippen LogP contribution in [-0.4, -0.2) is 96.3 Å². The van der Waals surface area contributed by atoms with Gasteiger partial charge in [0.2, 0.25) is 16.2 Å². The highest BCUT2D eigenvalue weighted by Crippen LogP contribution is 2.61. The van der Waals surface area contributed by atoms with Gasteiger partial charge in [-0.2, -0.15) is 79.0 Å². The first-order valence-electron chi connectivity index (χ1n) is 28.4. The van der Waals surface area contributed by atoms with Gasteiger partial charge in [0.15, 0.2) is 0 Å². The van der Waals surface area contributed by atoms with Gasteiger partial charge < -0.3 is 0 Å². The molecule has 502 valence electrons. The number of carbonyl (C=O) groups excluding carboxylic acids is 8. The Hall–Kier alpha value is -10.9. The molecule has 0 radical (unpaired) electrons. The number of halogens is 18. The van der Waals surface area contributed by atoms with E-state index < -0.39 is 190 Å². The number of fused-ring (bicyclic) bond motifs is 4. The van der Waals surface area contributed by atoms with Gasteiger partial charge in [0.05, 0.1) is 61.6 Å². The van der Waals surface area contributed by atoms with Crippen molar-refractivity contribution in [2.24, 2.45) is 0 Å². The number of benzene rings is 8. The van der Waals surface area contributed by atoms with Crippen molar-refractivity contribution in [1.29, 1.82) is 0 Å². The molecular formula is C68H36F18N4O8. The van der Waals surface area contributed by atoms with Gasteiger partial charge in [-0.05, 0) is 143 Å². The molecule has 0 unspecified atom stereocenters. The summed E-state index contributed by atoms with van der Waals surface area (Å²) in [5.74, 6) is -11.4. The third-order valence-corrected chi connectivity index (χ3v) is 17.9. The molecule has 8 amide bonds. The van der Waals surface area contributed by atoms with Crippen molar-refractivity contribution in [1.82, 2.24) is 4.90 Å². The van der Waals surface area contributed by atoms with Crippen LogP contribution in [0.5, 0.6) is 0 Å². The topological polar surface area (TPSA) is 150 Å². The van der Waals surface area contributed by atoms with Crippen LogP contribution in [0.4, 0.5) is 96.1 Å². The molecule has 0 saturated carbocycles. The van der Waals surface area contributed by atoms with E-state index in [1.54, 1.807) is 12.1 Å². The molecule has 12 nitrogen and oxygen atoms in total. The van der Waals surface area contributed by atoms with Crippen LogP contribution in [0.25, 0.3) is 0 Å². The number of alkyl halides is 18. The SMILES string of the molecule is Cc1ccc(Cc2ccc(N3C(=O)c4ccc(C(c5ccc6c(c5)C(=O)N(c5ccc(C(c7ccc(N8C(=O)c9ccc(C(c%10ccc%11c(c%10)C(=O)N(C)C%11=O)(C(F)(F)F)C(F)(F)F)cc9C8=O)cc7)(C(F)(F)F)C(F)(F)F)cc5)C6=O)(C(F)(F)F)C(F)(F)F)cc4C3=O)cc2)cc1. The minimum atomic E-state index is -6.47. The van der Waals surface area contributed by atoms with Gasteiger partial charge in [-0.15, -0.1) is 0 Å². The lowest BCUT2D eigenvalue weighted by Gasteiger charge is -2.38. The number of rotatable bonds is 11. The maximum Gasteiger partial charge on any atom is 0.411 e. The Kier molecular flexibility index (Phi) is 15.1. The fourth-order valence-corrected chi connectivity index (χ4v) is 13.1. The number of anilines is 3. The summed E-state index contributed by atoms with van der Waals surface area (Å²) in [5.41, 5.74) is -32.3. The lowest BCUT2D eigenvalue weighted by molar-refractivity contribution is -0.290. The van der Waals surface area contributed by atoms with Crippen LogP contribution < -0.4 is 14.7 Å². The molecule has 8 aromatic carbocycles. The minimum absolute atomic E-state index is 0.00547. The van der Waals surface area contributed by atoms with E-state index in [2.05, 4.69) is 0 Å².